The van der Waals surface area contributed by atoms with Crippen LogP contribution in [0.4, 0.5) is 0 Å². The molecule has 0 fully saturated rings. The Labute approximate surface area is 295 Å². The zero-order valence-corrected chi connectivity index (χ0v) is 28.6. The number of benzene rings is 5. The average Bonchev–Trinajstić information content (AvgIpc) is 3.17. The number of carbonyl (C=O) groups excluding carboxylic acids is 3. The second kappa shape index (κ2) is 16.8. The molecule has 5 aromatic rings. The molecule has 1 aliphatic rings. The normalized spacial score (nSPS) is 14.3. The molecule has 3 N–H and O–H groups in total. The quantitative estimate of drug-likeness (QED) is 0.119. The first-order valence-electron chi connectivity index (χ1n) is 17.6. The number of rotatable bonds is 13. The maximum atomic E-state index is 13.6. The second-order valence-corrected chi connectivity index (χ2v) is 13.1. The van der Waals surface area contributed by atoms with Crippen molar-refractivity contribution in [1.82, 2.24) is 16.0 Å². The fourth-order valence-electron chi connectivity index (χ4n) is 7.13. The minimum absolute atomic E-state index is 0.00634. The van der Waals surface area contributed by atoms with Crippen molar-refractivity contribution in [3.8, 4) is 11.1 Å². The van der Waals surface area contributed by atoms with E-state index in [2.05, 4.69) is 76.6 Å². The predicted octanol–water partition coefficient (Wildman–Crippen LogP) is 8.11. The highest BCUT2D eigenvalue weighted by Crippen LogP contribution is 2.35. The summed E-state index contributed by atoms with van der Waals surface area (Å²) in [5.41, 5.74) is 8.39. The van der Waals surface area contributed by atoms with E-state index in [1.54, 1.807) is 7.05 Å². The third kappa shape index (κ3) is 8.75. The molecule has 1 aliphatic carbocycles. The molecule has 0 saturated heterocycles. The Hall–Kier alpha value is -5.49. The lowest BCUT2D eigenvalue weighted by Gasteiger charge is -2.27. The van der Waals surface area contributed by atoms with Crippen LogP contribution in [0.5, 0.6) is 0 Å². The minimum atomic E-state index is -0.456. The van der Waals surface area contributed by atoms with E-state index < -0.39 is 6.04 Å². The molecule has 0 spiro atoms. The van der Waals surface area contributed by atoms with Crippen LogP contribution in [0, 0.1) is 0 Å². The average molecular weight is 664 g/mol. The van der Waals surface area contributed by atoms with Crippen LogP contribution in [-0.4, -0.2) is 31.3 Å². The second-order valence-electron chi connectivity index (χ2n) is 13.1. The standard InChI is InChI=1S/C44H45N3O3/c1-45-42(48)30-41(36-23-20-32(21-24-36)31-12-5-2-6-13-31)47-43(49)29-37-19-11-18-35-22-25-38(28-40(35)37)44(50)46-27-26-39(33-14-7-3-8-15-33)34-16-9-4-10-17-34/h2-10,12-17,20-25,28,37,39,41H,11,18-19,26-27,29-30H2,1H3,(H,45,48)(H,46,50)(H,47,49). The molecule has 0 aliphatic heterocycles. The van der Waals surface area contributed by atoms with Crippen molar-refractivity contribution in [2.75, 3.05) is 13.6 Å². The fraction of sp³-hybridized carbons (Fsp3) is 0.250. The van der Waals surface area contributed by atoms with Crippen LogP contribution >= 0.6 is 0 Å². The molecule has 0 saturated carbocycles. The molecule has 5 aromatic carbocycles. The van der Waals surface area contributed by atoms with Gasteiger partial charge in [0, 0.05) is 31.5 Å². The Kier molecular flexibility index (Phi) is 11.5. The highest BCUT2D eigenvalue weighted by molar-refractivity contribution is 5.94. The van der Waals surface area contributed by atoms with Gasteiger partial charge >= 0.3 is 0 Å². The molecule has 6 nitrogen and oxygen atoms in total. The van der Waals surface area contributed by atoms with E-state index in [0.29, 0.717) is 18.5 Å². The van der Waals surface area contributed by atoms with Crippen LogP contribution in [-0.2, 0) is 16.0 Å². The molecule has 6 heteroatoms. The van der Waals surface area contributed by atoms with E-state index in [4.69, 9.17) is 0 Å². The fourth-order valence-corrected chi connectivity index (χ4v) is 7.13. The third-order valence-electron chi connectivity index (χ3n) is 9.82. The minimum Gasteiger partial charge on any atom is -0.359 e. The lowest BCUT2D eigenvalue weighted by molar-refractivity contribution is -0.123. The molecule has 0 aromatic heterocycles. The van der Waals surface area contributed by atoms with Gasteiger partial charge in [0.25, 0.3) is 5.91 Å². The number of amides is 3. The molecule has 0 heterocycles. The van der Waals surface area contributed by atoms with Gasteiger partial charge in [0.05, 0.1) is 12.5 Å². The molecule has 50 heavy (non-hydrogen) atoms. The number of hydrogen-bond donors (Lipinski definition) is 3. The highest BCUT2D eigenvalue weighted by Gasteiger charge is 2.26. The molecular formula is C44H45N3O3. The summed E-state index contributed by atoms with van der Waals surface area (Å²) in [4.78, 5) is 39.5. The van der Waals surface area contributed by atoms with Crippen LogP contribution < -0.4 is 16.0 Å². The molecule has 2 atom stereocenters. The maximum Gasteiger partial charge on any atom is 0.251 e. The first kappa shape index (κ1) is 34.4. The van der Waals surface area contributed by atoms with E-state index in [1.807, 2.05) is 72.8 Å². The van der Waals surface area contributed by atoms with Gasteiger partial charge in [0.1, 0.15) is 0 Å². The van der Waals surface area contributed by atoms with Crippen molar-refractivity contribution in [3.05, 3.63) is 167 Å². The summed E-state index contributed by atoms with van der Waals surface area (Å²) >= 11 is 0. The Morgan fingerprint density at radius 1 is 0.700 bits per heavy atom. The van der Waals surface area contributed by atoms with Gasteiger partial charge in [0.15, 0.2) is 0 Å². The Bertz CT molecular complexity index is 1840. The largest absolute Gasteiger partial charge is 0.359 e. The van der Waals surface area contributed by atoms with E-state index in [0.717, 1.165) is 47.9 Å². The van der Waals surface area contributed by atoms with Gasteiger partial charge in [-0.25, -0.2) is 0 Å². The molecule has 2 unspecified atom stereocenters. The summed E-state index contributed by atoms with van der Waals surface area (Å²) in [6.07, 6.45) is 4.00. The van der Waals surface area contributed by atoms with Crippen molar-refractivity contribution >= 4 is 17.7 Å². The lowest BCUT2D eigenvalue weighted by atomic mass is 9.80. The van der Waals surface area contributed by atoms with Crippen molar-refractivity contribution in [3.63, 3.8) is 0 Å². The zero-order chi connectivity index (χ0) is 34.7. The zero-order valence-electron chi connectivity index (χ0n) is 28.6. The number of nitrogens with one attached hydrogen (secondary N) is 3. The Balaban J connectivity index is 1.11. The van der Waals surface area contributed by atoms with Gasteiger partial charge in [-0.05, 0) is 82.7 Å². The van der Waals surface area contributed by atoms with Gasteiger partial charge in [-0.3, -0.25) is 14.4 Å². The van der Waals surface area contributed by atoms with Gasteiger partial charge in [0.2, 0.25) is 11.8 Å². The maximum absolute atomic E-state index is 13.6. The van der Waals surface area contributed by atoms with Gasteiger partial charge in [-0.1, -0.05) is 121 Å². The topological polar surface area (TPSA) is 87.3 Å². The molecule has 0 radical (unpaired) electrons. The van der Waals surface area contributed by atoms with E-state index in [-0.39, 0.29) is 36.0 Å². The van der Waals surface area contributed by atoms with Crippen LogP contribution in [0.1, 0.15) is 88.2 Å². The smallest absolute Gasteiger partial charge is 0.251 e. The SMILES string of the molecule is CNC(=O)CC(NC(=O)CC1CCCc2ccc(C(=O)NCCC(c3ccccc3)c3ccccc3)cc21)c1ccc(-c2ccccc2)cc1. The van der Waals surface area contributed by atoms with Crippen molar-refractivity contribution in [2.45, 2.75) is 56.4 Å². The van der Waals surface area contributed by atoms with E-state index in [1.165, 1.54) is 16.7 Å². The monoisotopic (exact) mass is 663 g/mol. The van der Waals surface area contributed by atoms with Crippen molar-refractivity contribution in [1.29, 1.82) is 0 Å². The molecular weight excluding hydrogens is 619 g/mol. The lowest BCUT2D eigenvalue weighted by Crippen LogP contribution is -2.33. The summed E-state index contributed by atoms with van der Waals surface area (Å²) < 4.78 is 0. The third-order valence-corrected chi connectivity index (χ3v) is 9.82. The van der Waals surface area contributed by atoms with Gasteiger partial charge in [-0.15, -0.1) is 0 Å². The molecule has 6 rings (SSSR count). The van der Waals surface area contributed by atoms with Crippen LogP contribution in [0.2, 0.25) is 0 Å². The summed E-state index contributed by atoms with van der Waals surface area (Å²) in [6.45, 7) is 0.537. The van der Waals surface area contributed by atoms with Gasteiger partial charge < -0.3 is 16.0 Å². The van der Waals surface area contributed by atoms with E-state index >= 15 is 0 Å². The molecule has 254 valence electrons. The number of aryl methyl sites for hydroxylation is 1. The Morgan fingerprint density at radius 2 is 1.32 bits per heavy atom. The summed E-state index contributed by atoms with van der Waals surface area (Å²) in [5.74, 6) is -0.177. The first-order chi connectivity index (χ1) is 24.5. The predicted molar refractivity (Wildman–Crippen MR) is 200 cm³/mol. The Morgan fingerprint density at radius 3 is 1.96 bits per heavy atom. The summed E-state index contributed by atoms with van der Waals surface area (Å²) in [6, 6.07) is 44.5. The summed E-state index contributed by atoms with van der Waals surface area (Å²) in [7, 11) is 1.61. The highest BCUT2D eigenvalue weighted by atomic mass is 16.2. The van der Waals surface area contributed by atoms with Gasteiger partial charge in [-0.2, -0.15) is 0 Å². The molecule has 3 amide bonds. The summed E-state index contributed by atoms with van der Waals surface area (Å²) in [5, 5.41) is 9.01. The number of hydrogen-bond acceptors (Lipinski definition) is 3. The van der Waals surface area contributed by atoms with Crippen molar-refractivity contribution in [2.24, 2.45) is 0 Å². The first-order valence-corrected chi connectivity index (χ1v) is 17.6. The number of carbonyl (C=O) groups is 3. The van der Waals surface area contributed by atoms with E-state index in [9.17, 15) is 14.4 Å². The number of fused-ring (bicyclic) bond motifs is 1. The van der Waals surface area contributed by atoms with Crippen LogP contribution in [0.15, 0.2) is 133 Å². The van der Waals surface area contributed by atoms with Crippen LogP contribution in [0.3, 0.4) is 0 Å². The van der Waals surface area contributed by atoms with Crippen molar-refractivity contribution < 1.29 is 14.4 Å². The van der Waals surface area contributed by atoms with Crippen LogP contribution in [0.25, 0.3) is 11.1 Å². The molecule has 0 bridgehead atoms.